The van der Waals surface area contributed by atoms with Gasteiger partial charge in [0.1, 0.15) is 5.01 Å². The van der Waals surface area contributed by atoms with Crippen LogP contribution in [-0.4, -0.2) is 11.5 Å². The molecule has 3 heteroatoms. The van der Waals surface area contributed by atoms with Crippen LogP contribution in [0.2, 0.25) is 0 Å². The summed E-state index contributed by atoms with van der Waals surface area (Å²) in [5.41, 5.74) is 2.49. The van der Waals surface area contributed by atoms with Crippen molar-refractivity contribution in [1.29, 1.82) is 0 Å². The van der Waals surface area contributed by atoms with E-state index in [1.807, 2.05) is 6.20 Å². The molecule has 2 rings (SSSR count). The number of aromatic nitrogens is 1. The molecule has 1 unspecified atom stereocenters. The van der Waals surface area contributed by atoms with Gasteiger partial charge < -0.3 is 5.32 Å². The Morgan fingerprint density at radius 1 is 1.41 bits per heavy atom. The molecule has 17 heavy (non-hydrogen) atoms. The SMILES string of the molecule is CCNC(C)c1cnc(-c2cccc(C)c2)s1. The molecular weight excluding hydrogens is 228 g/mol. The molecule has 2 nitrogen and oxygen atoms in total. The Morgan fingerprint density at radius 2 is 2.24 bits per heavy atom. The Labute approximate surface area is 107 Å². The van der Waals surface area contributed by atoms with Crippen molar-refractivity contribution in [3.8, 4) is 10.6 Å². The summed E-state index contributed by atoms with van der Waals surface area (Å²) in [6.45, 7) is 7.40. The first-order valence-corrected chi connectivity index (χ1v) is 6.78. The van der Waals surface area contributed by atoms with Crippen molar-refractivity contribution in [2.75, 3.05) is 6.54 Å². The molecule has 0 saturated carbocycles. The van der Waals surface area contributed by atoms with Crippen LogP contribution in [0.5, 0.6) is 0 Å². The summed E-state index contributed by atoms with van der Waals surface area (Å²) in [6, 6.07) is 8.88. The van der Waals surface area contributed by atoms with Crippen molar-refractivity contribution < 1.29 is 0 Å². The molecule has 0 aliphatic carbocycles. The summed E-state index contributed by atoms with van der Waals surface area (Å²) in [5, 5.41) is 4.51. The van der Waals surface area contributed by atoms with Gasteiger partial charge in [-0.1, -0.05) is 30.7 Å². The molecule has 0 spiro atoms. The Hall–Kier alpha value is -1.19. The molecule has 0 fully saturated rings. The van der Waals surface area contributed by atoms with Gasteiger partial charge in [0, 0.05) is 22.7 Å². The van der Waals surface area contributed by atoms with E-state index in [9.17, 15) is 0 Å². The third kappa shape index (κ3) is 2.93. The largest absolute Gasteiger partial charge is 0.310 e. The first-order valence-electron chi connectivity index (χ1n) is 5.97. The summed E-state index contributed by atoms with van der Waals surface area (Å²) in [4.78, 5) is 5.80. The highest BCUT2D eigenvalue weighted by Gasteiger charge is 2.09. The van der Waals surface area contributed by atoms with Crippen molar-refractivity contribution in [3.63, 3.8) is 0 Å². The van der Waals surface area contributed by atoms with Gasteiger partial charge >= 0.3 is 0 Å². The Bertz CT molecular complexity index is 490. The lowest BCUT2D eigenvalue weighted by Gasteiger charge is -2.08. The van der Waals surface area contributed by atoms with E-state index in [1.54, 1.807) is 11.3 Å². The molecule has 90 valence electrons. The number of nitrogens with one attached hydrogen (secondary N) is 1. The molecule has 1 atom stereocenters. The van der Waals surface area contributed by atoms with Crippen molar-refractivity contribution in [1.82, 2.24) is 10.3 Å². The molecule has 0 aliphatic rings. The van der Waals surface area contributed by atoms with Crippen molar-refractivity contribution in [2.45, 2.75) is 26.8 Å². The number of benzene rings is 1. The second-order valence-electron chi connectivity index (χ2n) is 4.22. The average molecular weight is 246 g/mol. The summed E-state index contributed by atoms with van der Waals surface area (Å²) >= 11 is 1.77. The average Bonchev–Trinajstić information content (AvgIpc) is 2.78. The number of aryl methyl sites for hydroxylation is 1. The minimum absolute atomic E-state index is 0.385. The van der Waals surface area contributed by atoms with Crippen LogP contribution in [0.25, 0.3) is 10.6 Å². The molecule has 1 aromatic carbocycles. The van der Waals surface area contributed by atoms with E-state index < -0.39 is 0 Å². The molecule has 2 aromatic rings. The highest BCUT2D eigenvalue weighted by atomic mass is 32.1. The predicted molar refractivity (Wildman–Crippen MR) is 74.4 cm³/mol. The van der Waals surface area contributed by atoms with E-state index in [2.05, 4.69) is 55.3 Å². The zero-order valence-corrected chi connectivity index (χ0v) is 11.3. The maximum Gasteiger partial charge on any atom is 0.123 e. The maximum absolute atomic E-state index is 4.51. The fourth-order valence-corrected chi connectivity index (χ4v) is 2.74. The minimum Gasteiger partial charge on any atom is -0.310 e. The van der Waals surface area contributed by atoms with Gasteiger partial charge in [0.25, 0.3) is 0 Å². The molecule has 1 heterocycles. The number of hydrogen-bond acceptors (Lipinski definition) is 3. The van der Waals surface area contributed by atoms with Crippen LogP contribution in [0.3, 0.4) is 0 Å². The zero-order valence-electron chi connectivity index (χ0n) is 10.5. The van der Waals surface area contributed by atoms with Crippen molar-refractivity contribution in [3.05, 3.63) is 40.9 Å². The van der Waals surface area contributed by atoms with Crippen LogP contribution in [0, 0.1) is 6.92 Å². The second-order valence-corrected chi connectivity index (χ2v) is 5.28. The van der Waals surface area contributed by atoms with Gasteiger partial charge in [-0.25, -0.2) is 4.98 Å². The first kappa shape index (κ1) is 12.3. The molecule has 0 radical (unpaired) electrons. The molecule has 1 aromatic heterocycles. The van der Waals surface area contributed by atoms with E-state index in [-0.39, 0.29) is 0 Å². The van der Waals surface area contributed by atoms with E-state index in [1.165, 1.54) is 16.0 Å². The number of rotatable bonds is 4. The standard InChI is InChI=1S/C14H18N2S/c1-4-15-11(3)13-9-16-14(17-13)12-7-5-6-10(2)8-12/h5-9,11,15H,4H2,1-3H3. The van der Waals surface area contributed by atoms with Crippen LogP contribution < -0.4 is 5.32 Å². The van der Waals surface area contributed by atoms with Crippen LogP contribution >= 0.6 is 11.3 Å². The van der Waals surface area contributed by atoms with Gasteiger partial charge in [-0.2, -0.15) is 0 Å². The summed E-state index contributed by atoms with van der Waals surface area (Å²) < 4.78 is 0. The fourth-order valence-electron chi connectivity index (χ4n) is 1.81. The van der Waals surface area contributed by atoms with E-state index >= 15 is 0 Å². The highest BCUT2D eigenvalue weighted by molar-refractivity contribution is 7.15. The molecule has 0 amide bonds. The third-order valence-electron chi connectivity index (χ3n) is 2.73. The van der Waals surface area contributed by atoms with Crippen LogP contribution in [0.15, 0.2) is 30.5 Å². The third-order valence-corrected chi connectivity index (χ3v) is 3.95. The lowest BCUT2D eigenvalue weighted by Crippen LogP contribution is -2.16. The van der Waals surface area contributed by atoms with E-state index in [0.717, 1.165) is 11.6 Å². The first-order chi connectivity index (χ1) is 8.20. The van der Waals surface area contributed by atoms with Crippen LogP contribution in [0.1, 0.15) is 30.3 Å². The van der Waals surface area contributed by atoms with Gasteiger partial charge in [-0.05, 0) is 26.5 Å². The quantitative estimate of drug-likeness (QED) is 0.888. The number of nitrogens with zero attached hydrogens (tertiary/aromatic N) is 1. The van der Waals surface area contributed by atoms with Crippen molar-refractivity contribution >= 4 is 11.3 Å². The number of hydrogen-bond donors (Lipinski definition) is 1. The van der Waals surface area contributed by atoms with Gasteiger partial charge in [0.15, 0.2) is 0 Å². The maximum atomic E-state index is 4.51. The van der Waals surface area contributed by atoms with Gasteiger partial charge in [-0.3, -0.25) is 0 Å². The highest BCUT2D eigenvalue weighted by Crippen LogP contribution is 2.28. The Kier molecular flexibility index (Phi) is 3.92. The summed E-state index contributed by atoms with van der Waals surface area (Å²) in [6.07, 6.45) is 1.98. The Morgan fingerprint density at radius 3 is 2.94 bits per heavy atom. The van der Waals surface area contributed by atoms with E-state index in [0.29, 0.717) is 6.04 Å². The monoisotopic (exact) mass is 246 g/mol. The second kappa shape index (κ2) is 5.43. The van der Waals surface area contributed by atoms with Crippen LogP contribution in [-0.2, 0) is 0 Å². The summed E-state index contributed by atoms with van der Waals surface area (Å²) in [5.74, 6) is 0. The predicted octanol–water partition coefficient (Wildman–Crippen LogP) is 3.79. The lowest BCUT2D eigenvalue weighted by molar-refractivity contribution is 0.606. The fraction of sp³-hybridized carbons (Fsp3) is 0.357. The minimum atomic E-state index is 0.385. The smallest absolute Gasteiger partial charge is 0.123 e. The molecule has 1 N–H and O–H groups in total. The normalized spacial score (nSPS) is 12.6. The zero-order chi connectivity index (χ0) is 12.3. The summed E-state index contributed by atoms with van der Waals surface area (Å²) in [7, 11) is 0. The molecule has 0 bridgehead atoms. The van der Waals surface area contributed by atoms with Gasteiger partial charge in [-0.15, -0.1) is 11.3 Å². The lowest BCUT2D eigenvalue weighted by atomic mass is 10.1. The molecule has 0 aliphatic heterocycles. The van der Waals surface area contributed by atoms with Crippen LogP contribution in [0.4, 0.5) is 0 Å². The van der Waals surface area contributed by atoms with Gasteiger partial charge in [0.05, 0.1) is 0 Å². The molecular formula is C14H18N2S. The number of thiazole rings is 1. The Balaban J connectivity index is 2.23. The van der Waals surface area contributed by atoms with Gasteiger partial charge in [0.2, 0.25) is 0 Å². The topological polar surface area (TPSA) is 24.9 Å². The molecule has 0 saturated heterocycles. The van der Waals surface area contributed by atoms with E-state index in [4.69, 9.17) is 0 Å². The van der Waals surface area contributed by atoms with Crippen molar-refractivity contribution in [2.24, 2.45) is 0 Å².